The highest BCUT2D eigenvalue weighted by Gasteiger charge is 2.39. The summed E-state index contributed by atoms with van der Waals surface area (Å²) in [6, 6.07) is 5.63. The van der Waals surface area contributed by atoms with Gasteiger partial charge in [-0.3, -0.25) is 4.79 Å². The van der Waals surface area contributed by atoms with E-state index in [-0.39, 0.29) is 11.5 Å². The van der Waals surface area contributed by atoms with Crippen LogP contribution in [0, 0.1) is 5.92 Å². The second kappa shape index (κ2) is 7.38. The maximum absolute atomic E-state index is 13.3. The van der Waals surface area contributed by atoms with E-state index >= 15 is 0 Å². The van der Waals surface area contributed by atoms with E-state index in [9.17, 15) is 18.0 Å². The van der Waals surface area contributed by atoms with E-state index in [0.717, 1.165) is 12.5 Å². The summed E-state index contributed by atoms with van der Waals surface area (Å²) < 4.78 is 39.8. The lowest BCUT2D eigenvalue weighted by Gasteiger charge is -2.27. The molecule has 0 radical (unpaired) electrons. The normalized spacial score (nSPS) is 22.3. The zero-order valence-corrected chi connectivity index (χ0v) is 14.3. The van der Waals surface area contributed by atoms with Crippen LogP contribution >= 0.6 is 11.8 Å². The molecule has 3 rings (SSSR count). The number of alkyl halides is 3. The molecule has 1 aliphatic heterocycles. The van der Waals surface area contributed by atoms with E-state index < -0.39 is 17.1 Å². The highest BCUT2D eigenvalue weighted by atomic mass is 32.2. The molecule has 0 spiro atoms. The lowest BCUT2D eigenvalue weighted by molar-refractivity contribution is -0.139. The van der Waals surface area contributed by atoms with Gasteiger partial charge in [-0.25, -0.2) is 0 Å². The first-order chi connectivity index (χ1) is 11.5. The average molecular weight is 357 g/mol. The summed E-state index contributed by atoms with van der Waals surface area (Å²) in [6.07, 6.45) is 1.77. The van der Waals surface area contributed by atoms with Gasteiger partial charge < -0.3 is 4.90 Å². The number of rotatable bonds is 4. The molecule has 0 N–H and O–H groups in total. The van der Waals surface area contributed by atoms with Crippen LogP contribution in [0.4, 0.5) is 13.2 Å². The third-order valence-corrected chi connectivity index (χ3v) is 6.23. The third-order valence-electron chi connectivity index (χ3n) is 4.98. The number of nitrogens with zero attached hydrogens (tertiary/aromatic N) is 1. The van der Waals surface area contributed by atoms with Crippen molar-refractivity contribution in [3.63, 3.8) is 0 Å². The lowest BCUT2D eigenvalue weighted by atomic mass is 10.0. The van der Waals surface area contributed by atoms with E-state index in [1.807, 2.05) is 0 Å². The molecule has 2 aliphatic rings. The Morgan fingerprint density at radius 1 is 1.21 bits per heavy atom. The van der Waals surface area contributed by atoms with E-state index in [4.69, 9.17) is 0 Å². The summed E-state index contributed by atoms with van der Waals surface area (Å²) in [4.78, 5) is 14.2. The zero-order chi connectivity index (χ0) is 17.2. The van der Waals surface area contributed by atoms with Gasteiger partial charge in [0.15, 0.2) is 0 Å². The fourth-order valence-corrected chi connectivity index (χ4v) is 5.04. The van der Waals surface area contributed by atoms with Gasteiger partial charge in [-0.2, -0.15) is 13.2 Å². The molecule has 6 heteroatoms. The molecular weight excluding hydrogens is 335 g/mol. The Morgan fingerprint density at radius 3 is 2.62 bits per heavy atom. The summed E-state index contributed by atoms with van der Waals surface area (Å²) in [7, 11) is 0. The number of amides is 1. The molecular formula is C18H22F3NOS. The number of hydrogen-bond acceptors (Lipinski definition) is 2. The molecule has 1 aromatic carbocycles. The Balaban J connectivity index is 1.72. The Bertz CT molecular complexity index is 584. The standard InChI is InChI=1S/C18H22F3NOS/c19-18(20,21)15-8-4-3-7-14(15)17-22(11-12-24-17)16(23)10-9-13-5-1-2-6-13/h3-4,7-8,13,17H,1-2,5-6,9-12H2/t17-/m1/s1. The number of hydrogen-bond donors (Lipinski definition) is 0. The minimum absolute atomic E-state index is 0.00567. The SMILES string of the molecule is O=C(CCC1CCCC1)N1CCS[C@@H]1c1ccccc1C(F)(F)F. The first kappa shape index (κ1) is 17.6. The van der Waals surface area contributed by atoms with Gasteiger partial charge in [0.25, 0.3) is 0 Å². The number of carbonyl (C=O) groups is 1. The first-order valence-corrected chi connectivity index (χ1v) is 9.59. The minimum atomic E-state index is -4.39. The van der Waals surface area contributed by atoms with Crippen molar-refractivity contribution in [2.45, 2.75) is 50.1 Å². The summed E-state index contributed by atoms with van der Waals surface area (Å²) in [5.74, 6) is 1.30. The fraction of sp³-hybridized carbons (Fsp3) is 0.611. The van der Waals surface area contributed by atoms with Gasteiger partial charge in [0.2, 0.25) is 5.91 Å². The zero-order valence-electron chi connectivity index (χ0n) is 13.5. The molecule has 0 unspecified atom stereocenters. The van der Waals surface area contributed by atoms with Crippen LogP contribution in [0.25, 0.3) is 0 Å². The van der Waals surface area contributed by atoms with Crippen molar-refractivity contribution in [3.8, 4) is 0 Å². The van der Waals surface area contributed by atoms with Gasteiger partial charge in [-0.15, -0.1) is 11.8 Å². The molecule has 1 amide bonds. The summed E-state index contributed by atoms with van der Waals surface area (Å²) in [5.41, 5.74) is -0.417. The molecule has 1 heterocycles. The van der Waals surface area contributed by atoms with E-state index in [2.05, 4.69) is 0 Å². The van der Waals surface area contributed by atoms with Crippen molar-refractivity contribution in [3.05, 3.63) is 35.4 Å². The Labute approximate surface area is 144 Å². The molecule has 1 saturated carbocycles. The van der Waals surface area contributed by atoms with Crippen molar-refractivity contribution in [1.29, 1.82) is 0 Å². The van der Waals surface area contributed by atoms with Crippen molar-refractivity contribution in [2.75, 3.05) is 12.3 Å². The summed E-state index contributed by atoms with van der Waals surface area (Å²) >= 11 is 1.43. The Kier molecular flexibility index (Phi) is 5.42. The fourth-order valence-electron chi connectivity index (χ4n) is 3.72. The lowest BCUT2D eigenvalue weighted by Crippen LogP contribution is -2.31. The van der Waals surface area contributed by atoms with Gasteiger partial charge in [-0.1, -0.05) is 43.9 Å². The molecule has 132 valence electrons. The van der Waals surface area contributed by atoms with Crippen LogP contribution < -0.4 is 0 Å². The van der Waals surface area contributed by atoms with Crippen LogP contribution in [0.1, 0.15) is 55.0 Å². The van der Waals surface area contributed by atoms with Gasteiger partial charge in [0.1, 0.15) is 5.37 Å². The number of benzene rings is 1. The van der Waals surface area contributed by atoms with Gasteiger partial charge >= 0.3 is 6.18 Å². The van der Waals surface area contributed by atoms with E-state index in [0.29, 0.717) is 24.6 Å². The molecule has 0 aromatic heterocycles. The summed E-state index contributed by atoms with van der Waals surface area (Å²) in [5, 5.41) is -0.515. The molecule has 1 aromatic rings. The van der Waals surface area contributed by atoms with Crippen LogP contribution in [-0.2, 0) is 11.0 Å². The van der Waals surface area contributed by atoms with Crippen molar-refractivity contribution >= 4 is 17.7 Å². The number of carbonyl (C=O) groups excluding carboxylic acids is 1. The molecule has 1 aliphatic carbocycles. The van der Waals surface area contributed by atoms with Crippen LogP contribution in [-0.4, -0.2) is 23.1 Å². The van der Waals surface area contributed by atoms with Gasteiger partial charge in [-0.05, 0) is 24.0 Å². The smallest absolute Gasteiger partial charge is 0.326 e. The molecule has 1 saturated heterocycles. The van der Waals surface area contributed by atoms with Crippen LogP contribution in [0.5, 0.6) is 0 Å². The maximum Gasteiger partial charge on any atom is 0.416 e. The highest BCUT2D eigenvalue weighted by Crippen LogP contribution is 2.44. The van der Waals surface area contributed by atoms with Gasteiger partial charge in [0.05, 0.1) is 5.56 Å². The Morgan fingerprint density at radius 2 is 1.92 bits per heavy atom. The van der Waals surface area contributed by atoms with E-state index in [1.165, 1.54) is 49.6 Å². The highest BCUT2D eigenvalue weighted by molar-refractivity contribution is 7.99. The molecule has 0 bridgehead atoms. The van der Waals surface area contributed by atoms with E-state index in [1.54, 1.807) is 11.0 Å². The van der Waals surface area contributed by atoms with Crippen molar-refractivity contribution in [1.82, 2.24) is 4.90 Å². The van der Waals surface area contributed by atoms with Crippen LogP contribution in [0.3, 0.4) is 0 Å². The number of thioether (sulfide) groups is 1. The Hall–Kier alpha value is -1.17. The topological polar surface area (TPSA) is 20.3 Å². The third kappa shape index (κ3) is 3.90. The molecule has 24 heavy (non-hydrogen) atoms. The summed E-state index contributed by atoms with van der Waals surface area (Å²) in [6.45, 7) is 0.533. The van der Waals surface area contributed by atoms with Crippen molar-refractivity contribution in [2.24, 2.45) is 5.92 Å². The second-order valence-corrected chi connectivity index (χ2v) is 7.77. The molecule has 2 fully saturated rings. The largest absolute Gasteiger partial charge is 0.416 e. The number of halogens is 3. The minimum Gasteiger partial charge on any atom is -0.326 e. The second-order valence-electron chi connectivity index (χ2n) is 6.58. The van der Waals surface area contributed by atoms with Crippen LogP contribution in [0.2, 0.25) is 0 Å². The van der Waals surface area contributed by atoms with Crippen LogP contribution in [0.15, 0.2) is 24.3 Å². The van der Waals surface area contributed by atoms with Crippen molar-refractivity contribution < 1.29 is 18.0 Å². The quantitative estimate of drug-likeness (QED) is 0.733. The molecule has 2 nitrogen and oxygen atoms in total. The van der Waals surface area contributed by atoms with Gasteiger partial charge in [0, 0.05) is 18.7 Å². The predicted octanol–water partition coefficient (Wildman–Crippen LogP) is 5.25. The maximum atomic E-state index is 13.3. The predicted molar refractivity (Wildman–Crippen MR) is 89.5 cm³/mol. The first-order valence-electron chi connectivity index (χ1n) is 8.54. The molecule has 1 atom stereocenters. The monoisotopic (exact) mass is 357 g/mol. The average Bonchev–Trinajstić information content (AvgIpc) is 3.23.